The molecule has 1 aromatic rings. The van der Waals surface area contributed by atoms with E-state index in [4.69, 9.17) is 5.73 Å². The van der Waals surface area contributed by atoms with Gasteiger partial charge in [0.05, 0.1) is 17.3 Å². The van der Waals surface area contributed by atoms with E-state index in [1.54, 1.807) is 18.5 Å². The molecular formula is C7H8N2OS. The zero-order valence-corrected chi connectivity index (χ0v) is 6.62. The Hall–Kier alpha value is -1.00. The minimum atomic E-state index is -0.314. The molecule has 1 atom stereocenters. The van der Waals surface area contributed by atoms with E-state index in [0.29, 0.717) is 11.3 Å². The molecule has 0 fully saturated rings. The Bertz CT molecular complexity index is 269. The normalized spacial score (nSPS) is 12.1. The molecule has 1 heterocycles. The van der Waals surface area contributed by atoms with E-state index in [1.165, 1.54) is 5.37 Å². The molecule has 0 bridgehead atoms. The Morgan fingerprint density at radius 1 is 1.73 bits per heavy atom. The lowest BCUT2D eigenvalue weighted by molar-refractivity contribution is 0.701. The summed E-state index contributed by atoms with van der Waals surface area (Å²) in [7, 11) is 0. The number of hydrogen-bond acceptors (Lipinski definition) is 3. The van der Waals surface area contributed by atoms with E-state index >= 15 is 0 Å². The van der Waals surface area contributed by atoms with Crippen molar-refractivity contribution in [2.24, 2.45) is 5.73 Å². The van der Waals surface area contributed by atoms with Crippen LogP contribution in [-0.4, -0.2) is 14.6 Å². The average Bonchev–Trinajstić information content (AvgIpc) is 2.07. The lowest BCUT2D eigenvalue weighted by atomic mass is 10.2. The first-order valence-corrected chi connectivity index (χ1v) is 3.92. The summed E-state index contributed by atoms with van der Waals surface area (Å²) >= 11 is 0.377. The highest BCUT2D eigenvalue weighted by Crippen LogP contribution is 2.03. The van der Waals surface area contributed by atoms with Gasteiger partial charge in [0, 0.05) is 17.8 Å². The fourth-order valence-corrected chi connectivity index (χ4v) is 0.988. The highest BCUT2D eigenvalue weighted by atomic mass is 32.1. The summed E-state index contributed by atoms with van der Waals surface area (Å²) in [4.78, 5) is 3.88. The Kier molecular flexibility index (Phi) is 2.95. The third-order valence-electron chi connectivity index (χ3n) is 1.27. The first-order valence-electron chi connectivity index (χ1n) is 3.12. The molecule has 0 saturated carbocycles. The van der Waals surface area contributed by atoms with Crippen LogP contribution in [0.2, 0.25) is 0 Å². The molecule has 0 aliphatic heterocycles. The van der Waals surface area contributed by atoms with Crippen LogP contribution in [0.25, 0.3) is 0 Å². The molecule has 0 radical (unpaired) electrons. The summed E-state index contributed by atoms with van der Waals surface area (Å²) in [6, 6.07) is 3.31. The van der Waals surface area contributed by atoms with E-state index < -0.39 is 0 Å². The first kappa shape index (κ1) is 8.10. The predicted octanol–water partition coefficient (Wildman–Crippen LogP) is 0.0966. The highest BCUT2D eigenvalue weighted by Gasteiger charge is 1.99. The molecule has 2 N–H and O–H groups in total. The average molecular weight is 168 g/mol. The molecule has 0 spiro atoms. The largest absolute Gasteiger partial charge is 0.320 e. The Balaban J connectivity index is 2.84. The smallest absolute Gasteiger partial charge is 0.0861 e. The molecule has 0 aliphatic carbocycles. The third kappa shape index (κ3) is 2.25. The van der Waals surface area contributed by atoms with Crippen molar-refractivity contribution in [2.45, 2.75) is 6.04 Å². The molecule has 0 aliphatic rings. The lowest BCUT2D eigenvalue weighted by Crippen LogP contribution is -2.11. The van der Waals surface area contributed by atoms with E-state index in [-0.39, 0.29) is 6.04 Å². The fraction of sp³-hybridized carbons (Fsp3) is 0.143. The topological polar surface area (TPSA) is 56.0 Å². The molecule has 1 aromatic heterocycles. The van der Waals surface area contributed by atoms with Crippen molar-refractivity contribution in [3.63, 3.8) is 0 Å². The first-order chi connectivity index (χ1) is 5.34. The maximum absolute atomic E-state index is 10.1. The predicted molar refractivity (Wildman–Crippen MR) is 45.4 cm³/mol. The molecule has 1 rings (SSSR count). The minimum Gasteiger partial charge on any atom is -0.320 e. The second-order valence-electron chi connectivity index (χ2n) is 2.04. The summed E-state index contributed by atoms with van der Waals surface area (Å²) in [6.07, 6.45) is 3.32. The zero-order valence-electron chi connectivity index (χ0n) is 5.81. The summed E-state index contributed by atoms with van der Waals surface area (Å²) in [6.45, 7) is 0. The summed E-state index contributed by atoms with van der Waals surface area (Å²) < 4.78 is 10.1. The van der Waals surface area contributed by atoms with Crippen LogP contribution in [0, 0.1) is 0 Å². The molecule has 4 heteroatoms. The van der Waals surface area contributed by atoms with Crippen LogP contribution in [0.4, 0.5) is 0 Å². The van der Waals surface area contributed by atoms with Gasteiger partial charge in [-0.05, 0) is 11.6 Å². The summed E-state index contributed by atoms with van der Waals surface area (Å²) in [5.41, 5.74) is 6.45. The van der Waals surface area contributed by atoms with Crippen molar-refractivity contribution in [1.82, 2.24) is 4.98 Å². The van der Waals surface area contributed by atoms with Crippen LogP contribution in [0.3, 0.4) is 0 Å². The number of rotatable bonds is 2. The van der Waals surface area contributed by atoms with Gasteiger partial charge in [-0.2, -0.15) is 0 Å². The van der Waals surface area contributed by atoms with Crippen LogP contribution in [0.1, 0.15) is 11.6 Å². The molecule has 3 nitrogen and oxygen atoms in total. The van der Waals surface area contributed by atoms with Gasteiger partial charge in [-0.1, -0.05) is 6.07 Å². The van der Waals surface area contributed by atoms with Gasteiger partial charge in [0.1, 0.15) is 0 Å². The van der Waals surface area contributed by atoms with Crippen molar-refractivity contribution < 1.29 is 4.21 Å². The monoisotopic (exact) mass is 168 g/mol. The van der Waals surface area contributed by atoms with Gasteiger partial charge in [0.25, 0.3) is 0 Å². The maximum atomic E-state index is 10.1. The quantitative estimate of drug-likeness (QED) is 0.637. The van der Waals surface area contributed by atoms with Gasteiger partial charge in [-0.3, -0.25) is 4.98 Å². The van der Waals surface area contributed by atoms with E-state index in [9.17, 15) is 4.21 Å². The summed E-state index contributed by atoms with van der Waals surface area (Å²) in [5.74, 6) is 0. The van der Waals surface area contributed by atoms with Gasteiger partial charge in [-0.25, -0.2) is 4.21 Å². The molecule has 58 valence electrons. The van der Waals surface area contributed by atoms with Crippen molar-refractivity contribution in [1.29, 1.82) is 0 Å². The van der Waals surface area contributed by atoms with Gasteiger partial charge < -0.3 is 5.73 Å². The summed E-state index contributed by atoms with van der Waals surface area (Å²) in [5, 5.41) is 1.43. The second kappa shape index (κ2) is 4.00. The Morgan fingerprint density at radius 3 is 3.09 bits per heavy atom. The number of hydrogen-bond donors (Lipinski definition) is 1. The highest BCUT2D eigenvalue weighted by molar-refractivity contribution is 7.64. The van der Waals surface area contributed by atoms with E-state index in [2.05, 4.69) is 4.98 Å². The van der Waals surface area contributed by atoms with Crippen molar-refractivity contribution in [3.8, 4) is 0 Å². The Morgan fingerprint density at radius 2 is 2.55 bits per heavy atom. The van der Waals surface area contributed by atoms with E-state index in [0.717, 1.165) is 5.56 Å². The van der Waals surface area contributed by atoms with Crippen LogP contribution in [0.15, 0.2) is 24.5 Å². The number of aromatic nitrogens is 1. The zero-order chi connectivity index (χ0) is 8.10. The number of pyridine rings is 1. The number of nitrogens with two attached hydrogens (primary N) is 1. The molecular weight excluding hydrogens is 160 g/mol. The van der Waals surface area contributed by atoms with Crippen molar-refractivity contribution in [3.05, 3.63) is 30.1 Å². The SMILES string of the molecule is N[C@H](C=S=O)c1cccnc1. The maximum Gasteiger partial charge on any atom is 0.0861 e. The molecule has 11 heavy (non-hydrogen) atoms. The van der Waals surface area contributed by atoms with Crippen molar-refractivity contribution >= 4 is 16.6 Å². The van der Waals surface area contributed by atoms with Gasteiger partial charge in [-0.15, -0.1) is 0 Å². The minimum absolute atomic E-state index is 0.314. The Labute approximate surface area is 68.3 Å². The van der Waals surface area contributed by atoms with Crippen LogP contribution in [0.5, 0.6) is 0 Å². The second-order valence-corrected chi connectivity index (χ2v) is 2.51. The van der Waals surface area contributed by atoms with Crippen molar-refractivity contribution in [2.75, 3.05) is 0 Å². The molecule has 0 aromatic carbocycles. The molecule has 0 amide bonds. The van der Waals surface area contributed by atoms with E-state index in [1.807, 2.05) is 6.07 Å². The molecule has 0 unspecified atom stereocenters. The molecule has 0 saturated heterocycles. The standard InChI is InChI=1S/C7H8N2OS/c8-7(5-11-10)6-2-1-3-9-4-6/h1-5,7H,8H2/t7-/m1/s1. The van der Waals surface area contributed by atoms with Crippen LogP contribution in [-0.2, 0) is 11.3 Å². The van der Waals surface area contributed by atoms with Crippen LogP contribution >= 0.6 is 0 Å². The fourth-order valence-electron chi connectivity index (χ4n) is 0.712. The number of nitrogens with zero attached hydrogens (tertiary/aromatic N) is 1. The van der Waals surface area contributed by atoms with Gasteiger partial charge in [0.2, 0.25) is 0 Å². The third-order valence-corrected chi connectivity index (χ3v) is 1.68. The van der Waals surface area contributed by atoms with Gasteiger partial charge >= 0.3 is 0 Å². The lowest BCUT2D eigenvalue weighted by Gasteiger charge is -2.01. The van der Waals surface area contributed by atoms with Crippen LogP contribution < -0.4 is 5.73 Å². The van der Waals surface area contributed by atoms with Gasteiger partial charge in [0.15, 0.2) is 0 Å².